The summed E-state index contributed by atoms with van der Waals surface area (Å²) >= 11 is 0. The van der Waals surface area contributed by atoms with Crippen LogP contribution in [-0.4, -0.2) is 29.3 Å². The van der Waals surface area contributed by atoms with E-state index in [9.17, 15) is 9.59 Å². The van der Waals surface area contributed by atoms with E-state index in [1.165, 1.54) is 0 Å². The van der Waals surface area contributed by atoms with Crippen molar-refractivity contribution in [3.63, 3.8) is 0 Å². The summed E-state index contributed by atoms with van der Waals surface area (Å²) < 4.78 is 0. The number of hydrogen-bond acceptors (Lipinski definition) is 5. The molecule has 8 nitrogen and oxygen atoms in total. The summed E-state index contributed by atoms with van der Waals surface area (Å²) in [6.07, 6.45) is 0.494. The van der Waals surface area contributed by atoms with Crippen molar-refractivity contribution in [1.29, 1.82) is 0 Å². The Labute approximate surface area is 138 Å². The van der Waals surface area contributed by atoms with Crippen molar-refractivity contribution in [3.05, 3.63) is 41.2 Å². The molecule has 0 spiro atoms. The standard InChI is InChI=1S/C16H18N6O2/c1-8(12-15(24)22-16(18)21-12)5-6-19-14(23)11-7-9-3-2-4-10(17)13(9)20-11/h2-4,7,20H,5-6,17H2,1H3,(H,19,23)(H3,18,21,22,24)/b12-8+. The molecule has 0 saturated carbocycles. The molecule has 1 aromatic carbocycles. The molecular formula is C16H18N6O2. The lowest BCUT2D eigenvalue weighted by Crippen LogP contribution is -2.30. The number of carbonyl (C=O) groups excluding carboxylic acids is 2. The van der Waals surface area contributed by atoms with Crippen LogP contribution in [0.5, 0.6) is 0 Å². The van der Waals surface area contributed by atoms with Gasteiger partial charge in [0.1, 0.15) is 11.4 Å². The predicted molar refractivity (Wildman–Crippen MR) is 92.1 cm³/mol. The zero-order valence-corrected chi connectivity index (χ0v) is 13.1. The topological polar surface area (TPSA) is 138 Å². The molecule has 2 amide bonds. The van der Waals surface area contributed by atoms with E-state index < -0.39 is 0 Å². The van der Waals surface area contributed by atoms with Gasteiger partial charge in [0, 0.05) is 11.9 Å². The van der Waals surface area contributed by atoms with Crippen LogP contribution >= 0.6 is 0 Å². The third-order valence-corrected chi connectivity index (χ3v) is 3.81. The molecule has 0 unspecified atom stereocenters. The fraction of sp³-hybridized carbons (Fsp3) is 0.188. The molecule has 0 bridgehead atoms. The van der Waals surface area contributed by atoms with E-state index in [2.05, 4.69) is 20.6 Å². The number of hydrogen-bond donors (Lipinski definition) is 5. The summed E-state index contributed by atoms with van der Waals surface area (Å²) in [5.41, 5.74) is 14.2. The van der Waals surface area contributed by atoms with Crippen LogP contribution in [0.4, 0.5) is 5.69 Å². The maximum Gasteiger partial charge on any atom is 0.276 e. The monoisotopic (exact) mass is 326 g/mol. The highest BCUT2D eigenvalue weighted by Gasteiger charge is 2.20. The number of anilines is 1. The minimum atomic E-state index is -0.317. The Bertz CT molecular complexity index is 893. The van der Waals surface area contributed by atoms with Gasteiger partial charge in [0.2, 0.25) is 5.96 Å². The highest BCUT2D eigenvalue weighted by atomic mass is 16.2. The molecule has 7 N–H and O–H groups in total. The molecule has 1 aromatic heterocycles. The van der Waals surface area contributed by atoms with Gasteiger partial charge >= 0.3 is 0 Å². The molecule has 1 aliphatic heterocycles. The second-order valence-electron chi connectivity index (χ2n) is 5.58. The SMILES string of the molecule is C/C(CCNC(=O)c1cc2cccc(N)c2[nH]1)=C1\N=C(N)NC1=O. The third-order valence-electron chi connectivity index (χ3n) is 3.81. The second-order valence-corrected chi connectivity index (χ2v) is 5.58. The average molecular weight is 326 g/mol. The molecule has 1 aliphatic rings. The number of nitrogens with zero attached hydrogens (tertiary/aromatic N) is 1. The zero-order chi connectivity index (χ0) is 17.3. The molecule has 2 heterocycles. The summed E-state index contributed by atoms with van der Waals surface area (Å²) in [5, 5.41) is 6.10. The molecule has 124 valence electrons. The van der Waals surface area contributed by atoms with E-state index in [0.717, 1.165) is 16.5 Å². The highest BCUT2D eigenvalue weighted by Crippen LogP contribution is 2.21. The van der Waals surface area contributed by atoms with Gasteiger partial charge in [-0.1, -0.05) is 12.1 Å². The number of nitrogens with one attached hydrogen (secondary N) is 3. The Morgan fingerprint density at radius 1 is 1.33 bits per heavy atom. The fourth-order valence-corrected chi connectivity index (χ4v) is 2.54. The first-order chi connectivity index (χ1) is 11.5. The largest absolute Gasteiger partial charge is 0.397 e. The smallest absolute Gasteiger partial charge is 0.276 e. The molecule has 0 radical (unpaired) electrons. The van der Waals surface area contributed by atoms with E-state index in [-0.39, 0.29) is 17.8 Å². The second kappa shape index (κ2) is 6.07. The van der Waals surface area contributed by atoms with Gasteiger partial charge in [-0.2, -0.15) is 0 Å². The predicted octanol–water partition coefficient (Wildman–Crippen LogP) is 0.588. The summed E-state index contributed by atoms with van der Waals surface area (Å²) in [4.78, 5) is 30.8. The molecule has 0 fully saturated rings. The van der Waals surface area contributed by atoms with Gasteiger partial charge in [-0.05, 0) is 31.1 Å². The van der Waals surface area contributed by atoms with Crippen LogP contribution in [0.3, 0.4) is 0 Å². The molecular weight excluding hydrogens is 308 g/mol. The number of rotatable bonds is 4. The summed E-state index contributed by atoms with van der Waals surface area (Å²) in [6.45, 7) is 2.16. The first kappa shape index (κ1) is 15.6. The van der Waals surface area contributed by atoms with Crippen molar-refractivity contribution >= 4 is 34.4 Å². The minimum absolute atomic E-state index is 0.0917. The van der Waals surface area contributed by atoms with Crippen molar-refractivity contribution in [2.24, 2.45) is 10.7 Å². The summed E-state index contributed by atoms with van der Waals surface area (Å²) in [7, 11) is 0. The maximum absolute atomic E-state index is 12.2. The van der Waals surface area contributed by atoms with E-state index in [1.807, 2.05) is 12.1 Å². The summed E-state index contributed by atoms with van der Waals surface area (Å²) in [5.74, 6) is -0.459. The van der Waals surface area contributed by atoms with E-state index >= 15 is 0 Å². The van der Waals surface area contributed by atoms with Crippen LogP contribution in [0.1, 0.15) is 23.8 Å². The number of aromatic amines is 1. The van der Waals surface area contributed by atoms with Crippen molar-refractivity contribution in [2.45, 2.75) is 13.3 Å². The van der Waals surface area contributed by atoms with Crippen LogP contribution in [-0.2, 0) is 4.79 Å². The van der Waals surface area contributed by atoms with Crippen molar-refractivity contribution in [2.75, 3.05) is 12.3 Å². The highest BCUT2D eigenvalue weighted by molar-refractivity contribution is 6.11. The van der Waals surface area contributed by atoms with Crippen LogP contribution in [0, 0.1) is 0 Å². The van der Waals surface area contributed by atoms with Crippen molar-refractivity contribution < 1.29 is 9.59 Å². The number of H-pyrrole nitrogens is 1. The number of fused-ring (bicyclic) bond motifs is 1. The average Bonchev–Trinajstić information content (AvgIpc) is 3.11. The van der Waals surface area contributed by atoms with Crippen molar-refractivity contribution in [3.8, 4) is 0 Å². The summed E-state index contributed by atoms with van der Waals surface area (Å²) in [6, 6.07) is 7.24. The Morgan fingerprint density at radius 2 is 2.12 bits per heavy atom. The van der Waals surface area contributed by atoms with Crippen molar-refractivity contribution in [1.82, 2.24) is 15.6 Å². The number of guanidine groups is 1. The number of aromatic nitrogens is 1. The Morgan fingerprint density at radius 3 is 2.79 bits per heavy atom. The minimum Gasteiger partial charge on any atom is -0.397 e. The first-order valence-corrected chi connectivity index (χ1v) is 7.46. The van der Waals surface area contributed by atoms with Gasteiger partial charge in [0.25, 0.3) is 11.8 Å². The molecule has 2 aromatic rings. The van der Waals surface area contributed by atoms with Gasteiger partial charge in [0.15, 0.2) is 0 Å². The number of benzene rings is 1. The van der Waals surface area contributed by atoms with E-state index in [1.54, 1.807) is 19.1 Å². The lowest BCUT2D eigenvalue weighted by Gasteiger charge is -2.05. The molecule has 3 rings (SSSR count). The number of para-hydroxylation sites is 1. The quantitative estimate of drug-likeness (QED) is 0.414. The van der Waals surface area contributed by atoms with Gasteiger partial charge in [-0.25, -0.2) is 4.99 Å². The molecule has 8 heteroatoms. The van der Waals surface area contributed by atoms with E-state index in [4.69, 9.17) is 11.5 Å². The number of nitrogen functional groups attached to an aromatic ring is 1. The normalized spacial score (nSPS) is 16.0. The molecule has 0 atom stereocenters. The van der Waals surface area contributed by atoms with Gasteiger partial charge in [0.05, 0.1) is 11.2 Å². The van der Waals surface area contributed by atoms with Crippen LogP contribution in [0.2, 0.25) is 0 Å². The molecule has 0 aliphatic carbocycles. The van der Waals surface area contributed by atoms with Gasteiger partial charge in [-0.15, -0.1) is 0 Å². The van der Waals surface area contributed by atoms with Gasteiger partial charge in [-0.3, -0.25) is 14.9 Å². The zero-order valence-electron chi connectivity index (χ0n) is 13.1. The Balaban J connectivity index is 1.64. The molecule has 24 heavy (non-hydrogen) atoms. The lowest BCUT2D eigenvalue weighted by molar-refractivity contribution is -0.115. The number of nitrogens with two attached hydrogens (primary N) is 2. The van der Waals surface area contributed by atoms with E-state index in [0.29, 0.717) is 30.0 Å². The lowest BCUT2D eigenvalue weighted by atomic mass is 10.1. The number of aliphatic imine (C=N–C) groups is 1. The maximum atomic E-state index is 12.2. The number of carbonyl (C=O) groups is 2. The van der Waals surface area contributed by atoms with Crippen LogP contribution in [0.15, 0.2) is 40.5 Å². The fourth-order valence-electron chi connectivity index (χ4n) is 2.54. The number of amides is 2. The van der Waals surface area contributed by atoms with Crippen LogP contribution in [0.25, 0.3) is 10.9 Å². The van der Waals surface area contributed by atoms with Crippen LogP contribution < -0.4 is 22.1 Å². The van der Waals surface area contributed by atoms with Gasteiger partial charge < -0.3 is 21.8 Å². The Kier molecular flexibility index (Phi) is 3.95. The Hall–Kier alpha value is -3.29. The first-order valence-electron chi connectivity index (χ1n) is 7.46. The molecule has 0 saturated heterocycles. The third kappa shape index (κ3) is 2.94.